The zero-order chi connectivity index (χ0) is 24.9. The van der Waals surface area contributed by atoms with E-state index in [0.29, 0.717) is 17.9 Å². The second-order valence-corrected chi connectivity index (χ2v) is 9.02. The third kappa shape index (κ3) is 5.26. The number of ether oxygens (including phenoxy) is 3. The number of rotatable bonds is 8. The van der Waals surface area contributed by atoms with Crippen molar-refractivity contribution in [1.82, 2.24) is 9.91 Å². The average molecular weight is 480 g/mol. The van der Waals surface area contributed by atoms with Crippen LogP contribution in [0.25, 0.3) is 0 Å². The molecular formula is C27H33N3O5. The van der Waals surface area contributed by atoms with E-state index < -0.39 is 0 Å². The molecule has 35 heavy (non-hydrogen) atoms. The predicted octanol–water partition coefficient (Wildman–Crippen LogP) is 4.04. The van der Waals surface area contributed by atoms with Gasteiger partial charge in [0, 0.05) is 19.4 Å². The zero-order valence-corrected chi connectivity index (χ0v) is 20.8. The van der Waals surface area contributed by atoms with E-state index in [1.165, 1.54) is 5.01 Å². The number of methoxy groups -OCH3 is 3. The fourth-order valence-electron chi connectivity index (χ4n) is 4.86. The van der Waals surface area contributed by atoms with Gasteiger partial charge in [0.2, 0.25) is 5.91 Å². The first-order valence-corrected chi connectivity index (χ1v) is 12.0. The van der Waals surface area contributed by atoms with E-state index in [4.69, 9.17) is 19.3 Å². The Bertz CT molecular complexity index is 1090. The lowest BCUT2D eigenvalue weighted by molar-refractivity contribution is -0.142. The molecule has 8 heteroatoms. The first-order valence-electron chi connectivity index (χ1n) is 12.0. The van der Waals surface area contributed by atoms with Gasteiger partial charge in [-0.2, -0.15) is 5.10 Å². The van der Waals surface area contributed by atoms with E-state index in [-0.39, 0.29) is 30.3 Å². The number of hydrogen-bond donors (Lipinski definition) is 0. The van der Waals surface area contributed by atoms with Gasteiger partial charge in [-0.1, -0.05) is 18.9 Å². The van der Waals surface area contributed by atoms with E-state index >= 15 is 0 Å². The molecule has 186 valence electrons. The van der Waals surface area contributed by atoms with Gasteiger partial charge in [0.15, 0.2) is 11.5 Å². The summed E-state index contributed by atoms with van der Waals surface area (Å²) >= 11 is 0. The fraction of sp³-hybridized carbons (Fsp3) is 0.444. The summed E-state index contributed by atoms with van der Waals surface area (Å²) in [6.07, 6.45) is 4.47. The third-order valence-corrected chi connectivity index (χ3v) is 6.83. The molecule has 1 heterocycles. The number of carbonyl (C=O) groups excluding carboxylic acids is 2. The number of hydrazone groups is 1. The van der Waals surface area contributed by atoms with Gasteiger partial charge in [0.25, 0.3) is 5.91 Å². The van der Waals surface area contributed by atoms with E-state index in [0.717, 1.165) is 48.3 Å². The van der Waals surface area contributed by atoms with Gasteiger partial charge < -0.3 is 19.1 Å². The Hall–Kier alpha value is -3.55. The van der Waals surface area contributed by atoms with Crippen LogP contribution in [0.15, 0.2) is 47.6 Å². The van der Waals surface area contributed by atoms with Crippen LogP contribution in [0.1, 0.15) is 49.3 Å². The van der Waals surface area contributed by atoms with E-state index in [2.05, 4.69) is 0 Å². The minimum Gasteiger partial charge on any atom is -0.497 e. The number of carbonyl (C=O) groups is 2. The lowest BCUT2D eigenvalue weighted by atomic mass is 9.98. The highest BCUT2D eigenvalue weighted by atomic mass is 16.5. The molecule has 1 fully saturated rings. The summed E-state index contributed by atoms with van der Waals surface area (Å²) in [6.45, 7) is -0.0154. The number of nitrogens with zero attached hydrogens (tertiary/aromatic N) is 3. The molecule has 1 aliphatic heterocycles. The van der Waals surface area contributed by atoms with Crippen molar-refractivity contribution in [2.75, 3.05) is 34.9 Å². The first-order chi connectivity index (χ1) is 16.9. The second-order valence-electron chi connectivity index (χ2n) is 9.02. The molecule has 1 saturated carbocycles. The van der Waals surface area contributed by atoms with Crippen molar-refractivity contribution in [2.45, 2.75) is 38.1 Å². The SMILES string of the molecule is COc1ccc(C2=NN(C(=O)CN(C)C(=O)C3CCCC3)[C@H](c3ccc(OC)c(OC)c3)C2)cc1. The quantitative estimate of drug-likeness (QED) is 0.571. The molecule has 2 aliphatic rings. The lowest BCUT2D eigenvalue weighted by Crippen LogP contribution is -2.41. The molecule has 8 nitrogen and oxygen atoms in total. The van der Waals surface area contributed by atoms with Crippen molar-refractivity contribution in [1.29, 1.82) is 0 Å². The van der Waals surface area contributed by atoms with Crippen LogP contribution in [0.2, 0.25) is 0 Å². The van der Waals surface area contributed by atoms with Crippen molar-refractivity contribution in [3.05, 3.63) is 53.6 Å². The Balaban J connectivity index is 1.61. The Morgan fingerprint density at radius 2 is 1.66 bits per heavy atom. The molecule has 0 spiro atoms. The summed E-state index contributed by atoms with van der Waals surface area (Å²) in [5, 5.41) is 6.24. The van der Waals surface area contributed by atoms with Crippen molar-refractivity contribution in [2.24, 2.45) is 11.0 Å². The molecule has 0 N–H and O–H groups in total. The maximum Gasteiger partial charge on any atom is 0.262 e. The second kappa shape index (κ2) is 10.8. The van der Waals surface area contributed by atoms with Crippen molar-refractivity contribution >= 4 is 17.5 Å². The molecule has 1 atom stereocenters. The Labute approximate surface area is 206 Å². The van der Waals surface area contributed by atoms with Gasteiger partial charge in [0.1, 0.15) is 12.3 Å². The molecule has 0 saturated heterocycles. The molecule has 2 amide bonds. The van der Waals surface area contributed by atoms with Crippen molar-refractivity contribution in [3.8, 4) is 17.2 Å². The molecule has 2 aromatic rings. The smallest absolute Gasteiger partial charge is 0.262 e. The summed E-state index contributed by atoms with van der Waals surface area (Å²) in [6, 6.07) is 12.9. The van der Waals surface area contributed by atoms with E-state index in [1.54, 1.807) is 33.3 Å². The summed E-state index contributed by atoms with van der Waals surface area (Å²) in [4.78, 5) is 27.8. The fourth-order valence-corrected chi connectivity index (χ4v) is 4.86. The molecule has 0 bridgehead atoms. The molecule has 0 aromatic heterocycles. The van der Waals surface area contributed by atoms with Crippen LogP contribution in [-0.4, -0.2) is 62.4 Å². The van der Waals surface area contributed by atoms with Crippen LogP contribution in [0.5, 0.6) is 17.2 Å². The maximum absolute atomic E-state index is 13.5. The standard InChI is InChI=1S/C27H33N3O5/c1-29(27(32)19-7-5-6-8-19)17-26(31)30-23(20-11-14-24(34-3)25(15-20)35-4)16-22(28-30)18-9-12-21(33-2)13-10-18/h9-15,19,23H,5-8,16-17H2,1-4H3/t23-/m0/s1. The van der Waals surface area contributed by atoms with Crippen LogP contribution in [-0.2, 0) is 9.59 Å². The number of likely N-dealkylation sites (N-methyl/N-ethyl adjacent to an activating group) is 1. The van der Waals surface area contributed by atoms with Gasteiger partial charge in [-0.15, -0.1) is 0 Å². The van der Waals surface area contributed by atoms with Crippen LogP contribution in [0, 0.1) is 5.92 Å². The van der Waals surface area contributed by atoms with Gasteiger partial charge in [-0.25, -0.2) is 5.01 Å². The predicted molar refractivity (Wildman–Crippen MR) is 133 cm³/mol. The maximum atomic E-state index is 13.5. The van der Waals surface area contributed by atoms with Crippen LogP contribution in [0.4, 0.5) is 0 Å². The number of benzene rings is 2. The van der Waals surface area contributed by atoms with Gasteiger partial charge in [0.05, 0.1) is 33.1 Å². The molecule has 4 rings (SSSR count). The summed E-state index contributed by atoms with van der Waals surface area (Å²) in [5.41, 5.74) is 2.60. The largest absolute Gasteiger partial charge is 0.497 e. The summed E-state index contributed by atoms with van der Waals surface area (Å²) in [7, 11) is 6.50. The summed E-state index contributed by atoms with van der Waals surface area (Å²) in [5.74, 6) is 1.79. The minimum atomic E-state index is -0.325. The molecular weight excluding hydrogens is 446 g/mol. The number of hydrogen-bond acceptors (Lipinski definition) is 6. The van der Waals surface area contributed by atoms with Gasteiger partial charge in [-0.3, -0.25) is 9.59 Å². The average Bonchev–Trinajstić information content (AvgIpc) is 3.58. The van der Waals surface area contributed by atoms with E-state index in [1.807, 2.05) is 42.5 Å². The molecule has 0 radical (unpaired) electrons. The van der Waals surface area contributed by atoms with Gasteiger partial charge >= 0.3 is 0 Å². The van der Waals surface area contributed by atoms with Crippen molar-refractivity contribution < 1.29 is 23.8 Å². The Morgan fingerprint density at radius 1 is 0.971 bits per heavy atom. The molecule has 2 aromatic carbocycles. The topological polar surface area (TPSA) is 80.7 Å². The van der Waals surface area contributed by atoms with Crippen molar-refractivity contribution in [3.63, 3.8) is 0 Å². The first kappa shape index (κ1) is 24.6. The molecule has 0 unspecified atom stereocenters. The van der Waals surface area contributed by atoms with Gasteiger partial charge in [-0.05, 0) is 60.4 Å². The van der Waals surface area contributed by atoms with Crippen LogP contribution < -0.4 is 14.2 Å². The normalized spacial score (nSPS) is 17.8. The highest BCUT2D eigenvalue weighted by Crippen LogP contribution is 2.37. The minimum absolute atomic E-state index is 0.0154. The van der Waals surface area contributed by atoms with Crippen LogP contribution >= 0.6 is 0 Å². The monoisotopic (exact) mass is 479 g/mol. The lowest BCUT2D eigenvalue weighted by Gasteiger charge is -2.26. The summed E-state index contributed by atoms with van der Waals surface area (Å²) < 4.78 is 16.1. The number of amides is 2. The Kier molecular flexibility index (Phi) is 7.58. The Morgan fingerprint density at radius 3 is 2.29 bits per heavy atom. The third-order valence-electron chi connectivity index (χ3n) is 6.83. The highest BCUT2D eigenvalue weighted by Gasteiger charge is 2.35. The zero-order valence-electron chi connectivity index (χ0n) is 20.8. The van der Waals surface area contributed by atoms with E-state index in [9.17, 15) is 9.59 Å². The highest BCUT2D eigenvalue weighted by molar-refractivity contribution is 6.03. The molecule has 1 aliphatic carbocycles. The van der Waals surface area contributed by atoms with Crippen LogP contribution in [0.3, 0.4) is 0 Å².